The molecule has 0 radical (unpaired) electrons. The number of amides is 6. The van der Waals surface area contributed by atoms with Gasteiger partial charge in [-0.15, -0.1) is 5.01 Å². The van der Waals surface area contributed by atoms with Gasteiger partial charge in [-0.25, -0.2) is 19.8 Å². The maximum atomic E-state index is 10.3. The highest BCUT2D eigenvalue weighted by molar-refractivity contribution is 5.93. The SMILES string of the molecule is NC(=O)NN(C(N)=O)C(N)=O. The molecule has 0 aromatic heterocycles. The molecule has 11 heavy (non-hydrogen) atoms. The number of imide groups is 1. The van der Waals surface area contributed by atoms with Crippen LogP contribution in [0.15, 0.2) is 0 Å². The maximum Gasteiger partial charge on any atom is 0.342 e. The van der Waals surface area contributed by atoms with E-state index in [2.05, 4.69) is 17.2 Å². The lowest BCUT2D eigenvalue weighted by Gasteiger charge is -2.13. The Bertz CT molecular complexity index is 187. The molecule has 0 fully saturated rings. The number of nitrogens with zero attached hydrogens (tertiary/aromatic N) is 1. The summed E-state index contributed by atoms with van der Waals surface area (Å²) in [5.74, 6) is 0. The van der Waals surface area contributed by atoms with Crippen LogP contribution in [-0.2, 0) is 0 Å². The van der Waals surface area contributed by atoms with Gasteiger partial charge in [-0.1, -0.05) is 0 Å². The first-order chi connectivity index (χ1) is 4.95. The standard InChI is InChI=1S/C3H7N5O3/c4-1(9)7-8(2(5)10)3(6)11/h(H2,5,10)(H2,6,11)(H3,4,7,9). The Morgan fingerprint density at radius 2 is 1.36 bits per heavy atom. The average Bonchev–Trinajstić information content (AvgIpc) is 1.81. The van der Waals surface area contributed by atoms with E-state index in [4.69, 9.17) is 0 Å². The van der Waals surface area contributed by atoms with Crippen LogP contribution < -0.4 is 22.6 Å². The fraction of sp³-hybridized carbons (Fsp3) is 0. The van der Waals surface area contributed by atoms with Gasteiger partial charge in [-0.2, -0.15) is 0 Å². The summed E-state index contributed by atoms with van der Waals surface area (Å²) in [7, 11) is 0. The molecule has 8 nitrogen and oxygen atoms in total. The van der Waals surface area contributed by atoms with Crippen molar-refractivity contribution in [2.45, 2.75) is 0 Å². The third-order valence-corrected chi connectivity index (χ3v) is 0.663. The zero-order valence-electron chi connectivity index (χ0n) is 5.40. The van der Waals surface area contributed by atoms with Gasteiger partial charge in [0.2, 0.25) is 0 Å². The minimum absolute atomic E-state index is 0.0856. The number of primary amides is 3. The van der Waals surface area contributed by atoms with E-state index in [0.29, 0.717) is 0 Å². The average molecular weight is 161 g/mol. The third-order valence-electron chi connectivity index (χ3n) is 0.663. The number of rotatable bonds is 0. The molecule has 0 rings (SSSR count). The van der Waals surface area contributed by atoms with Crippen LogP contribution in [0, 0.1) is 0 Å². The number of nitrogens with two attached hydrogens (primary N) is 3. The first-order valence-electron chi connectivity index (χ1n) is 2.40. The van der Waals surface area contributed by atoms with Gasteiger partial charge in [0.25, 0.3) is 0 Å². The monoisotopic (exact) mass is 161 g/mol. The van der Waals surface area contributed by atoms with Crippen LogP contribution in [0.3, 0.4) is 0 Å². The van der Waals surface area contributed by atoms with E-state index >= 15 is 0 Å². The van der Waals surface area contributed by atoms with Crippen LogP contribution in [0.4, 0.5) is 14.4 Å². The zero-order valence-corrected chi connectivity index (χ0v) is 5.40. The minimum atomic E-state index is -1.21. The predicted molar refractivity (Wildman–Crippen MR) is 33.7 cm³/mol. The van der Waals surface area contributed by atoms with Crippen LogP contribution in [0.1, 0.15) is 0 Å². The van der Waals surface area contributed by atoms with Gasteiger partial charge in [0.05, 0.1) is 0 Å². The summed E-state index contributed by atoms with van der Waals surface area (Å²) in [6, 6.07) is -3.53. The molecule has 0 aromatic rings. The largest absolute Gasteiger partial charge is 0.350 e. The van der Waals surface area contributed by atoms with Crippen molar-refractivity contribution in [3.05, 3.63) is 0 Å². The van der Waals surface area contributed by atoms with Crippen molar-refractivity contribution in [1.82, 2.24) is 10.4 Å². The summed E-state index contributed by atoms with van der Waals surface area (Å²) in [5, 5.41) is 0.0856. The van der Waals surface area contributed by atoms with Crippen molar-refractivity contribution in [3.63, 3.8) is 0 Å². The molecule has 0 saturated heterocycles. The molecule has 0 aliphatic carbocycles. The second-order valence-corrected chi connectivity index (χ2v) is 1.49. The van der Waals surface area contributed by atoms with Crippen molar-refractivity contribution in [3.8, 4) is 0 Å². The van der Waals surface area contributed by atoms with Gasteiger partial charge in [0.1, 0.15) is 0 Å². The maximum absolute atomic E-state index is 10.3. The van der Waals surface area contributed by atoms with Crippen LogP contribution >= 0.6 is 0 Å². The van der Waals surface area contributed by atoms with Gasteiger partial charge >= 0.3 is 18.1 Å². The number of carbonyl (C=O) groups is 3. The molecule has 0 aliphatic rings. The Labute approximate surface area is 61.3 Å². The normalized spacial score (nSPS) is 8.36. The molecule has 6 amide bonds. The molecule has 0 heterocycles. The van der Waals surface area contributed by atoms with Crippen molar-refractivity contribution < 1.29 is 14.4 Å². The number of carbonyl (C=O) groups excluding carboxylic acids is 3. The molecule has 8 heteroatoms. The highest BCUT2D eigenvalue weighted by atomic mass is 16.2. The molecule has 0 unspecified atom stereocenters. The highest BCUT2D eigenvalue weighted by Crippen LogP contribution is 1.79. The summed E-state index contributed by atoms with van der Waals surface area (Å²) in [6.07, 6.45) is 0. The molecular formula is C3H7N5O3. The Balaban J connectivity index is 4.23. The molecule has 7 N–H and O–H groups in total. The lowest BCUT2D eigenvalue weighted by molar-refractivity contribution is 0.176. The van der Waals surface area contributed by atoms with E-state index in [-0.39, 0.29) is 5.01 Å². The molecule has 0 bridgehead atoms. The third kappa shape index (κ3) is 2.89. The van der Waals surface area contributed by atoms with Crippen molar-refractivity contribution in [2.24, 2.45) is 17.2 Å². The zero-order chi connectivity index (χ0) is 9.02. The predicted octanol–water partition coefficient (Wildman–Crippen LogP) is -1.97. The number of hydrogen-bond donors (Lipinski definition) is 4. The highest BCUT2D eigenvalue weighted by Gasteiger charge is 2.16. The van der Waals surface area contributed by atoms with E-state index in [0.717, 1.165) is 0 Å². The summed E-state index contributed by atoms with van der Waals surface area (Å²) in [4.78, 5) is 30.6. The molecule has 0 atom stereocenters. The Hall–Kier alpha value is -1.99. The first-order valence-corrected chi connectivity index (χ1v) is 2.40. The van der Waals surface area contributed by atoms with Crippen LogP contribution in [0.2, 0.25) is 0 Å². The molecule has 0 spiro atoms. The van der Waals surface area contributed by atoms with E-state index in [1.165, 1.54) is 0 Å². The summed E-state index contributed by atoms with van der Waals surface area (Å²) >= 11 is 0. The van der Waals surface area contributed by atoms with Gasteiger partial charge in [-0.05, 0) is 0 Å². The lowest BCUT2D eigenvalue weighted by atomic mass is 10.8. The Morgan fingerprint density at radius 1 is 1.00 bits per heavy atom. The fourth-order valence-corrected chi connectivity index (χ4v) is 0.329. The minimum Gasteiger partial charge on any atom is -0.350 e. The molecular weight excluding hydrogens is 154 g/mol. The van der Waals surface area contributed by atoms with Gasteiger partial charge < -0.3 is 17.2 Å². The van der Waals surface area contributed by atoms with E-state index in [9.17, 15) is 14.4 Å². The van der Waals surface area contributed by atoms with E-state index in [1.54, 1.807) is 5.43 Å². The number of hydrogen-bond acceptors (Lipinski definition) is 3. The number of nitrogens with one attached hydrogen (secondary N) is 1. The summed E-state index contributed by atoms with van der Waals surface area (Å²) < 4.78 is 0. The summed E-state index contributed by atoms with van der Waals surface area (Å²) in [5.41, 5.74) is 15.4. The molecule has 0 aliphatic heterocycles. The number of urea groups is 3. The topological polar surface area (TPSA) is 145 Å². The van der Waals surface area contributed by atoms with Crippen molar-refractivity contribution >= 4 is 18.1 Å². The quantitative estimate of drug-likeness (QED) is 0.305. The van der Waals surface area contributed by atoms with Gasteiger partial charge in [-0.3, -0.25) is 0 Å². The second-order valence-electron chi connectivity index (χ2n) is 1.49. The van der Waals surface area contributed by atoms with Gasteiger partial charge in [0, 0.05) is 0 Å². The van der Waals surface area contributed by atoms with E-state index in [1.807, 2.05) is 0 Å². The second kappa shape index (κ2) is 3.25. The van der Waals surface area contributed by atoms with Crippen LogP contribution in [0.5, 0.6) is 0 Å². The Kier molecular flexibility index (Phi) is 2.66. The molecule has 0 saturated carbocycles. The molecule has 62 valence electrons. The smallest absolute Gasteiger partial charge is 0.342 e. The molecule has 0 aromatic carbocycles. The van der Waals surface area contributed by atoms with E-state index < -0.39 is 18.1 Å². The summed E-state index contributed by atoms with van der Waals surface area (Å²) in [6.45, 7) is 0. The van der Waals surface area contributed by atoms with Crippen LogP contribution in [-0.4, -0.2) is 23.1 Å². The fourth-order valence-electron chi connectivity index (χ4n) is 0.329. The van der Waals surface area contributed by atoms with Crippen LogP contribution in [0.25, 0.3) is 0 Å². The first kappa shape index (κ1) is 9.01. The number of hydrazine groups is 1. The lowest BCUT2D eigenvalue weighted by Crippen LogP contribution is -2.55. The van der Waals surface area contributed by atoms with Gasteiger partial charge in [0.15, 0.2) is 0 Å². The Morgan fingerprint density at radius 3 is 1.45 bits per heavy atom. The van der Waals surface area contributed by atoms with Crippen molar-refractivity contribution in [2.75, 3.05) is 0 Å². The van der Waals surface area contributed by atoms with Crippen molar-refractivity contribution in [1.29, 1.82) is 0 Å².